The van der Waals surface area contributed by atoms with Gasteiger partial charge < -0.3 is 0 Å². The summed E-state index contributed by atoms with van der Waals surface area (Å²) in [5, 5.41) is 0.0983. The van der Waals surface area contributed by atoms with Crippen LogP contribution in [-0.4, -0.2) is 16.1 Å². The maximum atomic E-state index is 12.3. The molecule has 1 heterocycles. The fourth-order valence-electron chi connectivity index (χ4n) is 2.17. The summed E-state index contributed by atoms with van der Waals surface area (Å²) in [6.45, 7) is 0. The molecule has 0 aromatic carbocycles. The van der Waals surface area contributed by atoms with E-state index in [1.807, 2.05) is 0 Å². The normalized spacial score (nSPS) is 17.6. The van der Waals surface area contributed by atoms with Gasteiger partial charge in [-0.1, -0.05) is 24.4 Å². The highest BCUT2D eigenvalue weighted by molar-refractivity contribution is 6.29. The van der Waals surface area contributed by atoms with Crippen molar-refractivity contribution in [3.63, 3.8) is 0 Å². The molecule has 1 aliphatic carbocycles. The van der Waals surface area contributed by atoms with E-state index in [0.29, 0.717) is 5.69 Å². The maximum Gasteiger partial charge on any atom is 0.396 e. The summed E-state index contributed by atoms with van der Waals surface area (Å²) < 4.78 is 36.8. The van der Waals surface area contributed by atoms with Gasteiger partial charge in [-0.3, -0.25) is 0 Å². The molecule has 0 amide bonds. The van der Waals surface area contributed by atoms with Crippen LogP contribution in [0.2, 0.25) is 5.15 Å². The van der Waals surface area contributed by atoms with Gasteiger partial charge >= 0.3 is 6.18 Å². The zero-order valence-electron chi connectivity index (χ0n) is 9.10. The first kappa shape index (κ1) is 12.6. The van der Waals surface area contributed by atoms with Crippen LogP contribution in [0.5, 0.6) is 0 Å². The van der Waals surface area contributed by atoms with Gasteiger partial charge in [-0.15, -0.1) is 0 Å². The predicted molar refractivity (Wildman–Crippen MR) is 58.0 cm³/mol. The van der Waals surface area contributed by atoms with Crippen molar-refractivity contribution in [3.8, 4) is 0 Å². The van der Waals surface area contributed by atoms with Gasteiger partial charge in [0, 0.05) is 11.6 Å². The number of nitrogens with zero attached hydrogens (tertiary/aromatic N) is 2. The highest BCUT2D eigenvalue weighted by atomic mass is 35.5. The van der Waals surface area contributed by atoms with Crippen LogP contribution < -0.4 is 0 Å². The van der Waals surface area contributed by atoms with Crippen molar-refractivity contribution in [1.82, 2.24) is 9.97 Å². The third-order valence-corrected chi connectivity index (χ3v) is 3.09. The number of hydrogen-bond donors (Lipinski definition) is 0. The van der Waals surface area contributed by atoms with Gasteiger partial charge in [0.05, 0.1) is 0 Å². The third kappa shape index (κ3) is 3.56. The zero-order chi connectivity index (χ0) is 12.5. The van der Waals surface area contributed by atoms with E-state index in [2.05, 4.69) is 9.97 Å². The molecule has 1 fully saturated rings. The highest BCUT2D eigenvalue weighted by Gasteiger charge is 2.30. The van der Waals surface area contributed by atoms with Crippen molar-refractivity contribution in [2.75, 3.05) is 0 Å². The minimum absolute atomic E-state index is 0.0983. The minimum Gasteiger partial charge on any atom is -0.237 e. The zero-order valence-corrected chi connectivity index (χ0v) is 9.85. The fourth-order valence-corrected chi connectivity index (χ4v) is 2.38. The molecule has 2 nitrogen and oxygen atoms in total. The molecule has 0 bridgehead atoms. The van der Waals surface area contributed by atoms with Crippen LogP contribution in [0, 0.1) is 0 Å². The van der Waals surface area contributed by atoms with E-state index in [9.17, 15) is 13.2 Å². The highest BCUT2D eigenvalue weighted by Crippen LogP contribution is 2.34. The standard InChI is InChI=1S/C11H12ClF3N2/c12-9-5-8(7-3-1-2-4-7)16-10(17-9)6-11(13,14)15/h5,7H,1-4,6H2. The SMILES string of the molecule is FC(F)(F)Cc1nc(Cl)cc(C2CCCC2)n1. The largest absolute Gasteiger partial charge is 0.396 e. The number of halogens is 4. The number of rotatable bonds is 2. The molecule has 0 N–H and O–H groups in total. The Morgan fingerprint density at radius 2 is 1.88 bits per heavy atom. The van der Waals surface area contributed by atoms with Gasteiger partial charge in [0.2, 0.25) is 0 Å². The van der Waals surface area contributed by atoms with E-state index in [-0.39, 0.29) is 16.9 Å². The van der Waals surface area contributed by atoms with Gasteiger partial charge in [0.25, 0.3) is 0 Å². The monoisotopic (exact) mass is 264 g/mol. The Balaban J connectivity index is 2.22. The van der Waals surface area contributed by atoms with Crippen LogP contribution in [0.1, 0.15) is 43.1 Å². The topological polar surface area (TPSA) is 25.8 Å². The van der Waals surface area contributed by atoms with Gasteiger partial charge in [-0.2, -0.15) is 13.2 Å². The summed E-state index contributed by atoms with van der Waals surface area (Å²) in [5.74, 6) is 0.00869. The predicted octanol–water partition coefficient (Wildman–Crippen LogP) is 3.89. The Morgan fingerprint density at radius 1 is 1.24 bits per heavy atom. The van der Waals surface area contributed by atoms with E-state index in [1.165, 1.54) is 0 Å². The second-order valence-corrected chi connectivity index (χ2v) is 4.69. The first-order valence-corrected chi connectivity index (χ1v) is 5.92. The van der Waals surface area contributed by atoms with E-state index < -0.39 is 12.6 Å². The van der Waals surface area contributed by atoms with Crippen LogP contribution in [0.3, 0.4) is 0 Å². The number of aromatic nitrogens is 2. The Bertz CT molecular complexity index is 400. The smallest absolute Gasteiger partial charge is 0.237 e. The molecule has 6 heteroatoms. The van der Waals surface area contributed by atoms with Gasteiger partial charge in [-0.05, 0) is 18.9 Å². The van der Waals surface area contributed by atoms with Crippen molar-refractivity contribution < 1.29 is 13.2 Å². The summed E-state index contributed by atoms with van der Waals surface area (Å²) in [5.41, 5.74) is 0.654. The first-order chi connectivity index (χ1) is 7.94. The lowest BCUT2D eigenvalue weighted by molar-refractivity contribution is -0.128. The first-order valence-electron chi connectivity index (χ1n) is 5.54. The van der Waals surface area contributed by atoms with Gasteiger partial charge in [0.1, 0.15) is 17.4 Å². The molecule has 1 aromatic rings. The van der Waals surface area contributed by atoms with Crippen molar-refractivity contribution in [2.24, 2.45) is 0 Å². The van der Waals surface area contributed by atoms with Crippen LogP contribution in [0.4, 0.5) is 13.2 Å². The van der Waals surface area contributed by atoms with Crippen LogP contribution >= 0.6 is 11.6 Å². The van der Waals surface area contributed by atoms with Crippen molar-refractivity contribution >= 4 is 11.6 Å². The Morgan fingerprint density at radius 3 is 2.47 bits per heavy atom. The average molecular weight is 265 g/mol. The molecular weight excluding hydrogens is 253 g/mol. The Labute approximate surface area is 102 Å². The maximum absolute atomic E-state index is 12.3. The second-order valence-electron chi connectivity index (χ2n) is 4.31. The van der Waals surface area contributed by atoms with Crippen molar-refractivity contribution in [2.45, 2.75) is 44.2 Å². The number of hydrogen-bond acceptors (Lipinski definition) is 2. The van der Waals surface area contributed by atoms with Gasteiger partial charge in [-0.25, -0.2) is 9.97 Å². The van der Waals surface area contributed by atoms with E-state index in [1.54, 1.807) is 6.07 Å². The van der Waals surface area contributed by atoms with Crippen LogP contribution in [-0.2, 0) is 6.42 Å². The molecule has 0 unspecified atom stereocenters. The summed E-state index contributed by atoms with van der Waals surface area (Å²) in [4.78, 5) is 7.61. The lowest BCUT2D eigenvalue weighted by Gasteiger charge is -2.11. The van der Waals surface area contributed by atoms with Crippen LogP contribution in [0.25, 0.3) is 0 Å². The molecule has 0 aliphatic heterocycles. The molecule has 2 rings (SSSR count). The van der Waals surface area contributed by atoms with E-state index in [0.717, 1.165) is 25.7 Å². The molecule has 0 radical (unpaired) electrons. The Hall–Kier alpha value is -0.840. The molecule has 17 heavy (non-hydrogen) atoms. The van der Waals surface area contributed by atoms with Crippen molar-refractivity contribution in [3.05, 3.63) is 22.7 Å². The summed E-state index contributed by atoms with van der Waals surface area (Å²) in [6.07, 6.45) is -1.27. The quantitative estimate of drug-likeness (QED) is 0.757. The third-order valence-electron chi connectivity index (χ3n) is 2.89. The summed E-state index contributed by atoms with van der Waals surface area (Å²) >= 11 is 5.74. The fraction of sp³-hybridized carbons (Fsp3) is 0.636. The molecule has 0 atom stereocenters. The van der Waals surface area contributed by atoms with Crippen molar-refractivity contribution in [1.29, 1.82) is 0 Å². The Kier molecular flexibility index (Phi) is 3.56. The lowest BCUT2D eigenvalue weighted by atomic mass is 10.0. The molecule has 1 aliphatic rings. The lowest BCUT2D eigenvalue weighted by Crippen LogP contribution is -2.15. The molecule has 0 saturated heterocycles. The number of alkyl halides is 3. The molecule has 1 saturated carbocycles. The van der Waals surface area contributed by atoms with E-state index >= 15 is 0 Å². The summed E-state index contributed by atoms with van der Waals surface area (Å²) in [7, 11) is 0. The average Bonchev–Trinajstić information content (AvgIpc) is 2.65. The van der Waals surface area contributed by atoms with Crippen LogP contribution in [0.15, 0.2) is 6.07 Å². The second kappa shape index (κ2) is 4.80. The van der Waals surface area contributed by atoms with E-state index in [4.69, 9.17) is 11.6 Å². The summed E-state index contributed by atoms with van der Waals surface area (Å²) in [6, 6.07) is 1.58. The van der Waals surface area contributed by atoms with Gasteiger partial charge in [0.15, 0.2) is 0 Å². The molecule has 1 aromatic heterocycles. The molecule has 0 spiro atoms. The minimum atomic E-state index is -4.29. The molecule has 94 valence electrons. The molecular formula is C11H12ClF3N2.